The molecule has 3 unspecified atom stereocenters. The van der Waals surface area contributed by atoms with Gasteiger partial charge in [-0.15, -0.1) is 0 Å². The van der Waals surface area contributed by atoms with E-state index in [9.17, 15) is 15.5 Å². The van der Waals surface area contributed by atoms with Crippen molar-refractivity contribution in [1.82, 2.24) is 5.32 Å². The molecule has 1 aliphatic rings. The topological polar surface area (TPSA) is 88.8 Å². The molecule has 1 fully saturated rings. The summed E-state index contributed by atoms with van der Waals surface area (Å²) in [5, 5.41) is 34.3. The number of fused-ring (bicyclic) bond motifs is 1. The van der Waals surface area contributed by atoms with Gasteiger partial charge in [0.1, 0.15) is 0 Å². The van der Waals surface area contributed by atoms with Gasteiger partial charge in [-0.3, -0.25) is 0 Å². The normalized spacial score (nSPS) is 22.1. The van der Waals surface area contributed by atoms with E-state index in [0.717, 1.165) is 24.0 Å². The minimum Gasteiger partial charge on any atom is -0.393 e. The minimum atomic E-state index is -0.925. The predicted molar refractivity (Wildman–Crippen MR) is 120 cm³/mol. The van der Waals surface area contributed by atoms with Crippen LogP contribution in [-0.4, -0.2) is 54.9 Å². The van der Waals surface area contributed by atoms with Gasteiger partial charge in [0.2, 0.25) is 0 Å². The van der Waals surface area contributed by atoms with Crippen molar-refractivity contribution in [2.45, 2.75) is 45.2 Å². The van der Waals surface area contributed by atoms with Crippen molar-refractivity contribution in [2.75, 3.05) is 31.1 Å². The van der Waals surface area contributed by atoms with E-state index < -0.39 is 12.4 Å². The van der Waals surface area contributed by atoms with Gasteiger partial charge in [-0.1, -0.05) is 18.2 Å². The molecule has 1 aliphatic heterocycles. The van der Waals surface area contributed by atoms with Crippen molar-refractivity contribution in [1.29, 1.82) is 5.26 Å². The summed E-state index contributed by atoms with van der Waals surface area (Å²) in [6.45, 7) is 7.14. The van der Waals surface area contributed by atoms with Crippen molar-refractivity contribution in [2.24, 2.45) is 0 Å². The summed E-state index contributed by atoms with van der Waals surface area (Å²) in [7, 11) is 0. The average molecular weight is 410 g/mol. The van der Waals surface area contributed by atoms with E-state index in [0.29, 0.717) is 25.1 Å². The highest BCUT2D eigenvalue weighted by atomic mass is 16.6. The molecule has 30 heavy (non-hydrogen) atoms. The summed E-state index contributed by atoms with van der Waals surface area (Å²) < 4.78 is 5.41. The number of hydrogen-bond acceptors (Lipinski definition) is 6. The van der Waals surface area contributed by atoms with E-state index in [1.54, 1.807) is 0 Å². The van der Waals surface area contributed by atoms with Gasteiger partial charge in [0, 0.05) is 50.3 Å². The Morgan fingerprint density at radius 2 is 1.90 bits per heavy atom. The summed E-state index contributed by atoms with van der Waals surface area (Å²) in [6.07, 6.45) is 0.881. The second kappa shape index (κ2) is 10.6. The van der Waals surface area contributed by atoms with Gasteiger partial charge in [-0.2, -0.15) is 5.26 Å². The number of nitriles is 1. The lowest BCUT2D eigenvalue weighted by molar-refractivity contribution is -0.187. The number of ether oxygens (including phenoxy) is 1. The molecule has 0 radical (unpaired) electrons. The summed E-state index contributed by atoms with van der Waals surface area (Å²) in [5.41, 5.74) is 2.82. The Hall–Kier alpha value is -2.43. The summed E-state index contributed by atoms with van der Waals surface area (Å²) in [6, 6.07) is 14.9. The lowest BCUT2D eigenvalue weighted by Gasteiger charge is -2.30. The molecule has 2 aromatic rings. The Labute approximate surface area is 178 Å². The fourth-order valence-corrected chi connectivity index (χ4v) is 3.92. The van der Waals surface area contributed by atoms with Gasteiger partial charge in [-0.25, -0.2) is 0 Å². The standard InChI is InChI=1S/C24H31N3O3/c1-3-27(4-2)21-8-7-19-10-17(5-6-20(19)11-21)9-18(14-25)15-26-16-23-12-22(28)13-24(29)30-23/h5-11,22-24,26,28-29H,3-4,12-13,15-16H2,1-2H3/b18-9+. The van der Waals surface area contributed by atoms with Crippen LogP contribution in [0.25, 0.3) is 16.8 Å². The van der Waals surface area contributed by atoms with E-state index in [-0.39, 0.29) is 12.5 Å². The van der Waals surface area contributed by atoms with Crippen LogP contribution in [0.5, 0.6) is 0 Å². The molecule has 0 aromatic heterocycles. The molecule has 3 rings (SSSR count). The number of rotatable bonds is 8. The largest absolute Gasteiger partial charge is 0.393 e. The molecule has 6 heteroatoms. The Morgan fingerprint density at radius 3 is 2.60 bits per heavy atom. The highest BCUT2D eigenvalue weighted by Crippen LogP contribution is 2.24. The summed E-state index contributed by atoms with van der Waals surface area (Å²) in [5.74, 6) is 0. The number of nitrogens with one attached hydrogen (secondary N) is 1. The zero-order valence-electron chi connectivity index (χ0n) is 17.7. The first-order chi connectivity index (χ1) is 14.5. The highest BCUT2D eigenvalue weighted by molar-refractivity contribution is 5.88. The van der Waals surface area contributed by atoms with Crippen LogP contribution < -0.4 is 10.2 Å². The van der Waals surface area contributed by atoms with E-state index in [1.807, 2.05) is 12.1 Å². The first kappa shape index (κ1) is 22.3. The van der Waals surface area contributed by atoms with Crippen LogP contribution in [0.4, 0.5) is 5.69 Å². The van der Waals surface area contributed by atoms with Gasteiger partial charge in [0.05, 0.1) is 18.3 Å². The van der Waals surface area contributed by atoms with Crippen LogP contribution in [0.3, 0.4) is 0 Å². The summed E-state index contributed by atoms with van der Waals surface area (Å²) >= 11 is 0. The lowest BCUT2D eigenvalue weighted by Crippen LogP contribution is -2.41. The third kappa shape index (κ3) is 5.80. The second-order valence-electron chi connectivity index (χ2n) is 7.71. The molecule has 3 atom stereocenters. The maximum Gasteiger partial charge on any atom is 0.157 e. The fourth-order valence-electron chi connectivity index (χ4n) is 3.92. The number of nitrogens with zero attached hydrogens (tertiary/aromatic N) is 2. The van der Waals surface area contributed by atoms with E-state index >= 15 is 0 Å². The predicted octanol–water partition coefficient (Wildman–Crippen LogP) is 3.04. The Balaban J connectivity index is 1.64. The number of hydrogen-bond donors (Lipinski definition) is 3. The molecular weight excluding hydrogens is 378 g/mol. The van der Waals surface area contributed by atoms with Crippen LogP contribution >= 0.6 is 0 Å². The number of aliphatic hydroxyl groups is 2. The highest BCUT2D eigenvalue weighted by Gasteiger charge is 2.26. The number of benzene rings is 2. The van der Waals surface area contributed by atoms with E-state index in [2.05, 4.69) is 60.5 Å². The Bertz CT molecular complexity index is 908. The molecule has 0 saturated carbocycles. The van der Waals surface area contributed by atoms with Crippen LogP contribution in [0.15, 0.2) is 42.0 Å². The number of anilines is 1. The second-order valence-corrected chi connectivity index (χ2v) is 7.71. The SMILES string of the molecule is CCN(CC)c1ccc2cc(/C=C(\C#N)CNCC3CC(O)CC(O)O3)ccc2c1. The Morgan fingerprint density at radius 1 is 1.17 bits per heavy atom. The van der Waals surface area contributed by atoms with Crippen LogP contribution in [-0.2, 0) is 4.74 Å². The molecule has 2 aromatic carbocycles. The maximum absolute atomic E-state index is 9.73. The van der Waals surface area contributed by atoms with Gasteiger partial charge < -0.3 is 25.2 Å². The van der Waals surface area contributed by atoms with Crippen molar-refractivity contribution in [3.8, 4) is 6.07 Å². The molecule has 0 aliphatic carbocycles. The maximum atomic E-state index is 9.73. The van der Waals surface area contributed by atoms with Gasteiger partial charge in [-0.05, 0) is 54.5 Å². The van der Waals surface area contributed by atoms with Crippen molar-refractivity contribution in [3.05, 3.63) is 47.5 Å². The smallest absolute Gasteiger partial charge is 0.157 e. The molecule has 3 N–H and O–H groups in total. The average Bonchev–Trinajstić information content (AvgIpc) is 2.73. The van der Waals surface area contributed by atoms with Crippen LogP contribution in [0.1, 0.15) is 32.3 Å². The first-order valence-electron chi connectivity index (χ1n) is 10.6. The molecule has 160 valence electrons. The van der Waals surface area contributed by atoms with Gasteiger partial charge in [0.15, 0.2) is 6.29 Å². The summed E-state index contributed by atoms with van der Waals surface area (Å²) in [4.78, 5) is 2.32. The zero-order chi connectivity index (χ0) is 21.5. The first-order valence-corrected chi connectivity index (χ1v) is 10.6. The molecule has 1 heterocycles. The third-order valence-electron chi connectivity index (χ3n) is 5.51. The quantitative estimate of drug-likeness (QED) is 0.581. The van der Waals surface area contributed by atoms with Crippen molar-refractivity contribution >= 4 is 22.5 Å². The van der Waals surface area contributed by atoms with Crippen LogP contribution in [0.2, 0.25) is 0 Å². The lowest BCUT2D eigenvalue weighted by atomic mass is 10.0. The van der Waals surface area contributed by atoms with Crippen molar-refractivity contribution in [3.63, 3.8) is 0 Å². The minimum absolute atomic E-state index is 0.248. The molecule has 0 spiro atoms. The fraction of sp³-hybridized carbons (Fsp3) is 0.458. The Kier molecular flexibility index (Phi) is 7.83. The molecule has 0 amide bonds. The molecule has 0 bridgehead atoms. The van der Waals surface area contributed by atoms with Gasteiger partial charge in [0.25, 0.3) is 0 Å². The van der Waals surface area contributed by atoms with Crippen molar-refractivity contribution < 1.29 is 14.9 Å². The monoisotopic (exact) mass is 409 g/mol. The van der Waals surface area contributed by atoms with Gasteiger partial charge >= 0.3 is 0 Å². The van der Waals surface area contributed by atoms with E-state index in [4.69, 9.17) is 4.74 Å². The number of aliphatic hydroxyl groups excluding tert-OH is 2. The van der Waals surface area contributed by atoms with E-state index in [1.165, 1.54) is 11.1 Å². The molecular formula is C24H31N3O3. The third-order valence-corrected chi connectivity index (χ3v) is 5.51. The van der Waals surface area contributed by atoms with Crippen LogP contribution in [0, 0.1) is 11.3 Å². The molecule has 1 saturated heterocycles. The molecule has 6 nitrogen and oxygen atoms in total. The zero-order valence-corrected chi connectivity index (χ0v) is 17.7.